The lowest BCUT2D eigenvalue weighted by Gasteiger charge is -2.19. The summed E-state index contributed by atoms with van der Waals surface area (Å²) < 4.78 is 0. The predicted molar refractivity (Wildman–Crippen MR) is 63.2 cm³/mol. The highest BCUT2D eigenvalue weighted by atomic mass is 16.6. The van der Waals surface area contributed by atoms with Crippen LogP contribution in [0.3, 0.4) is 0 Å². The van der Waals surface area contributed by atoms with Crippen LogP contribution in [0.1, 0.15) is 6.92 Å². The Labute approximate surface area is 98.5 Å². The minimum Gasteiger partial charge on any atom is -0.392 e. The van der Waals surface area contributed by atoms with Crippen molar-refractivity contribution in [3.8, 4) is 0 Å². The van der Waals surface area contributed by atoms with E-state index in [9.17, 15) is 15.2 Å². The molecule has 0 fully saturated rings. The molecule has 0 aliphatic heterocycles. The molecule has 1 aromatic heterocycles. The molecule has 17 heavy (non-hydrogen) atoms. The number of nitrogens with one attached hydrogen (secondary N) is 1. The van der Waals surface area contributed by atoms with Gasteiger partial charge < -0.3 is 15.3 Å². The van der Waals surface area contributed by atoms with Crippen molar-refractivity contribution in [2.75, 3.05) is 30.9 Å². The van der Waals surface area contributed by atoms with Crippen LogP contribution in [0, 0.1) is 10.1 Å². The summed E-state index contributed by atoms with van der Waals surface area (Å²) in [5, 5.41) is 22.8. The molecule has 2 N–H and O–H groups in total. The topological polar surface area (TPSA) is 104 Å². The van der Waals surface area contributed by atoms with Crippen molar-refractivity contribution < 1.29 is 10.0 Å². The number of hydrogen-bond acceptors (Lipinski definition) is 7. The number of aromatic nitrogens is 2. The zero-order chi connectivity index (χ0) is 13.0. The Balaban J connectivity index is 3.12. The minimum atomic E-state index is -0.604. The number of likely N-dealkylation sites (N-methyl/N-ethyl adjacent to an activating group) is 1. The molecule has 0 amide bonds. The lowest BCUT2D eigenvalue weighted by molar-refractivity contribution is -0.384. The van der Waals surface area contributed by atoms with Crippen molar-refractivity contribution in [3.05, 3.63) is 16.3 Å². The average Bonchev–Trinajstić information content (AvgIpc) is 2.27. The third kappa shape index (κ3) is 3.25. The summed E-state index contributed by atoms with van der Waals surface area (Å²) in [6, 6.07) is 0. The predicted octanol–water partition coefficient (Wildman–Crippen LogP) is 0.243. The number of aliphatic hydroxyl groups is 1. The molecule has 0 radical (unpaired) electrons. The minimum absolute atomic E-state index is 0.176. The molecular formula is C9H15N5O3. The zero-order valence-electron chi connectivity index (χ0n) is 9.91. The lowest BCUT2D eigenvalue weighted by atomic mass is 10.3. The van der Waals surface area contributed by atoms with E-state index in [0.29, 0.717) is 5.95 Å². The first-order valence-corrected chi connectivity index (χ1v) is 5.04. The monoisotopic (exact) mass is 241 g/mol. The molecule has 0 aliphatic carbocycles. The number of nitro groups is 1. The van der Waals surface area contributed by atoms with Gasteiger partial charge in [-0.05, 0) is 6.92 Å². The lowest BCUT2D eigenvalue weighted by Crippen LogP contribution is -2.28. The van der Waals surface area contributed by atoms with Gasteiger partial charge in [0.25, 0.3) is 0 Å². The van der Waals surface area contributed by atoms with Gasteiger partial charge in [-0.2, -0.15) is 4.98 Å². The third-order valence-electron chi connectivity index (χ3n) is 2.07. The Morgan fingerprint density at radius 2 is 2.35 bits per heavy atom. The highest BCUT2D eigenvalue weighted by Crippen LogP contribution is 2.24. The first-order chi connectivity index (χ1) is 7.95. The molecule has 0 saturated heterocycles. The van der Waals surface area contributed by atoms with Gasteiger partial charge in [0.05, 0.1) is 11.0 Å². The normalized spacial score (nSPS) is 12.0. The molecule has 94 valence electrons. The molecule has 1 unspecified atom stereocenters. The quantitative estimate of drug-likeness (QED) is 0.562. The van der Waals surface area contributed by atoms with Gasteiger partial charge in [-0.1, -0.05) is 0 Å². The highest BCUT2D eigenvalue weighted by molar-refractivity contribution is 5.58. The second-order valence-electron chi connectivity index (χ2n) is 3.64. The summed E-state index contributed by atoms with van der Waals surface area (Å²) in [6.07, 6.45) is 0.541. The van der Waals surface area contributed by atoms with Gasteiger partial charge in [0.2, 0.25) is 11.8 Å². The van der Waals surface area contributed by atoms with Gasteiger partial charge in [0.15, 0.2) is 0 Å². The van der Waals surface area contributed by atoms with E-state index in [4.69, 9.17) is 0 Å². The fourth-order valence-corrected chi connectivity index (χ4v) is 1.38. The first kappa shape index (κ1) is 13.1. The molecule has 8 heteroatoms. The van der Waals surface area contributed by atoms with Gasteiger partial charge in [-0.25, -0.2) is 4.98 Å². The van der Waals surface area contributed by atoms with Gasteiger partial charge in [0, 0.05) is 20.6 Å². The van der Waals surface area contributed by atoms with Crippen molar-refractivity contribution in [2.24, 2.45) is 0 Å². The summed E-state index contributed by atoms with van der Waals surface area (Å²) in [6.45, 7) is 1.85. The smallest absolute Gasteiger partial charge is 0.329 e. The zero-order valence-corrected chi connectivity index (χ0v) is 9.91. The van der Waals surface area contributed by atoms with Crippen molar-refractivity contribution in [2.45, 2.75) is 13.0 Å². The summed E-state index contributed by atoms with van der Waals surface area (Å²) in [7, 11) is 3.25. The van der Waals surface area contributed by atoms with Gasteiger partial charge >= 0.3 is 5.69 Å². The molecule has 0 aliphatic rings. The second-order valence-corrected chi connectivity index (χ2v) is 3.64. The molecule has 8 nitrogen and oxygen atoms in total. The van der Waals surface area contributed by atoms with E-state index in [1.54, 1.807) is 21.0 Å². The molecule has 0 saturated carbocycles. The van der Waals surface area contributed by atoms with Gasteiger partial charge in [0.1, 0.15) is 6.20 Å². The Hall–Kier alpha value is -1.96. The van der Waals surface area contributed by atoms with Crippen LogP contribution in [0.4, 0.5) is 17.5 Å². The largest absolute Gasteiger partial charge is 0.392 e. The van der Waals surface area contributed by atoms with Crippen LogP contribution in [0.25, 0.3) is 0 Å². The SMILES string of the molecule is CNc1ncc([N+](=O)[O-])c(N(C)CC(C)O)n1. The van der Waals surface area contributed by atoms with Crippen LogP contribution < -0.4 is 10.2 Å². The second kappa shape index (κ2) is 5.39. The highest BCUT2D eigenvalue weighted by Gasteiger charge is 2.21. The van der Waals surface area contributed by atoms with Crippen molar-refractivity contribution >= 4 is 17.5 Å². The molecule has 1 rings (SSSR count). The van der Waals surface area contributed by atoms with Crippen LogP contribution in [-0.2, 0) is 0 Å². The number of anilines is 2. The summed E-state index contributed by atoms with van der Waals surface area (Å²) in [4.78, 5) is 19.6. The van der Waals surface area contributed by atoms with E-state index in [-0.39, 0.29) is 18.1 Å². The van der Waals surface area contributed by atoms with E-state index in [1.807, 2.05) is 0 Å². The number of rotatable bonds is 5. The van der Waals surface area contributed by atoms with Crippen molar-refractivity contribution in [3.63, 3.8) is 0 Å². The average molecular weight is 241 g/mol. The maximum atomic E-state index is 10.8. The Kier molecular flexibility index (Phi) is 4.16. The van der Waals surface area contributed by atoms with E-state index in [1.165, 1.54) is 4.90 Å². The van der Waals surface area contributed by atoms with Gasteiger partial charge in [-0.15, -0.1) is 0 Å². The summed E-state index contributed by atoms with van der Waals surface area (Å²) in [5.74, 6) is 0.471. The van der Waals surface area contributed by atoms with E-state index in [0.717, 1.165) is 6.20 Å². The standard InChI is InChI=1S/C9H15N5O3/c1-6(15)5-13(3)8-7(14(16)17)4-11-9(10-2)12-8/h4,6,15H,5H2,1-3H3,(H,10,11,12). The fraction of sp³-hybridized carbons (Fsp3) is 0.556. The van der Waals surface area contributed by atoms with Crippen LogP contribution in [0.15, 0.2) is 6.20 Å². The summed E-state index contributed by atoms with van der Waals surface area (Å²) in [5.41, 5.74) is -0.188. The first-order valence-electron chi connectivity index (χ1n) is 5.04. The van der Waals surface area contributed by atoms with E-state index in [2.05, 4.69) is 15.3 Å². The van der Waals surface area contributed by atoms with Crippen LogP contribution >= 0.6 is 0 Å². The third-order valence-corrected chi connectivity index (χ3v) is 2.07. The maximum absolute atomic E-state index is 10.8. The summed E-state index contributed by atoms with van der Waals surface area (Å²) >= 11 is 0. The molecule has 0 spiro atoms. The molecule has 1 atom stereocenters. The number of hydrogen-bond donors (Lipinski definition) is 2. The molecule has 0 bridgehead atoms. The van der Waals surface area contributed by atoms with Crippen LogP contribution in [0.5, 0.6) is 0 Å². The number of nitrogens with zero attached hydrogens (tertiary/aromatic N) is 4. The Morgan fingerprint density at radius 1 is 1.71 bits per heavy atom. The molecule has 0 aromatic carbocycles. The maximum Gasteiger partial charge on any atom is 0.329 e. The Bertz CT molecular complexity index is 410. The van der Waals surface area contributed by atoms with E-state index < -0.39 is 11.0 Å². The van der Waals surface area contributed by atoms with Gasteiger partial charge in [-0.3, -0.25) is 10.1 Å². The van der Waals surface area contributed by atoms with Crippen LogP contribution in [0.2, 0.25) is 0 Å². The molecular weight excluding hydrogens is 226 g/mol. The molecule has 1 heterocycles. The van der Waals surface area contributed by atoms with Crippen molar-refractivity contribution in [1.82, 2.24) is 9.97 Å². The van der Waals surface area contributed by atoms with E-state index >= 15 is 0 Å². The Morgan fingerprint density at radius 3 is 2.82 bits per heavy atom. The fourth-order valence-electron chi connectivity index (χ4n) is 1.38. The van der Waals surface area contributed by atoms with Crippen LogP contribution in [-0.4, -0.2) is 46.7 Å². The number of aliphatic hydroxyl groups excluding tert-OH is 1. The molecule has 1 aromatic rings. The van der Waals surface area contributed by atoms with Crippen molar-refractivity contribution in [1.29, 1.82) is 0 Å².